The third-order valence-electron chi connectivity index (χ3n) is 3.25. The van der Waals surface area contributed by atoms with Crippen LogP contribution in [-0.2, 0) is 19.9 Å². The Morgan fingerprint density at radius 3 is 2.71 bits per heavy atom. The zero-order valence-electron chi connectivity index (χ0n) is 9.79. The molecule has 0 saturated carbocycles. The van der Waals surface area contributed by atoms with E-state index in [-0.39, 0.29) is 23.3 Å². The van der Waals surface area contributed by atoms with Crippen LogP contribution in [-0.4, -0.2) is 63.6 Å². The second-order valence-corrected chi connectivity index (χ2v) is 8.83. The van der Waals surface area contributed by atoms with Gasteiger partial charge in [0, 0.05) is 19.1 Å². The number of sulfonamides is 1. The van der Waals surface area contributed by atoms with Crippen LogP contribution in [0.3, 0.4) is 0 Å². The molecule has 0 bridgehead atoms. The van der Waals surface area contributed by atoms with Gasteiger partial charge in [-0.05, 0) is 6.42 Å². The maximum absolute atomic E-state index is 12.0. The first-order chi connectivity index (χ1) is 7.86. The monoisotopic (exact) mass is 282 g/mol. The van der Waals surface area contributed by atoms with E-state index in [0.29, 0.717) is 19.5 Å². The van der Waals surface area contributed by atoms with Crippen LogP contribution in [0, 0.1) is 0 Å². The van der Waals surface area contributed by atoms with Crippen molar-refractivity contribution in [2.45, 2.75) is 25.4 Å². The molecule has 2 atom stereocenters. The van der Waals surface area contributed by atoms with Gasteiger partial charge < -0.3 is 5.32 Å². The normalized spacial score (nSPS) is 33.5. The molecule has 17 heavy (non-hydrogen) atoms. The molecule has 0 unspecified atom stereocenters. The molecule has 6 nitrogen and oxygen atoms in total. The van der Waals surface area contributed by atoms with Crippen LogP contribution in [0.5, 0.6) is 0 Å². The quantitative estimate of drug-likeness (QED) is 0.703. The third-order valence-corrected chi connectivity index (χ3v) is 7.06. The van der Waals surface area contributed by atoms with Crippen molar-refractivity contribution in [3.05, 3.63) is 0 Å². The standard InChI is InChI=1S/C9H18N2O4S2/c1-2-5-17(14,15)11-4-3-10-8-6-16(12,13)7-9(8)11/h8-10H,2-7H2,1H3/t8-,9+/m1/s1. The van der Waals surface area contributed by atoms with E-state index in [1.54, 1.807) is 0 Å². The van der Waals surface area contributed by atoms with E-state index in [1.165, 1.54) is 4.31 Å². The minimum atomic E-state index is -3.31. The molecule has 100 valence electrons. The Bertz CT molecular complexity index is 485. The Morgan fingerprint density at radius 1 is 1.35 bits per heavy atom. The average molecular weight is 282 g/mol. The van der Waals surface area contributed by atoms with Crippen molar-refractivity contribution in [1.29, 1.82) is 0 Å². The summed E-state index contributed by atoms with van der Waals surface area (Å²) >= 11 is 0. The first kappa shape index (κ1) is 13.3. The molecule has 2 aliphatic heterocycles. The Morgan fingerprint density at radius 2 is 2.06 bits per heavy atom. The maximum atomic E-state index is 12.0. The smallest absolute Gasteiger partial charge is 0.214 e. The molecule has 0 aliphatic carbocycles. The van der Waals surface area contributed by atoms with E-state index in [1.807, 2.05) is 6.92 Å². The number of hydrogen-bond acceptors (Lipinski definition) is 5. The lowest BCUT2D eigenvalue weighted by atomic mass is 10.1. The van der Waals surface area contributed by atoms with Crippen molar-refractivity contribution in [2.24, 2.45) is 0 Å². The molecule has 0 aromatic carbocycles. The summed E-state index contributed by atoms with van der Waals surface area (Å²) in [6.45, 7) is 2.71. The fraction of sp³-hybridized carbons (Fsp3) is 1.00. The topological polar surface area (TPSA) is 83.6 Å². The van der Waals surface area contributed by atoms with Gasteiger partial charge in [0.05, 0.1) is 23.3 Å². The molecule has 0 amide bonds. The largest absolute Gasteiger partial charge is 0.310 e. The highest BCUT2D eigenvalue weighted by Gasteiger charge is 2.46. The predicted octanol–water partition coefficient (Wildman–Crippen LogP) is -1.20. The SMILES string of the molecule is CCCS(=O)(=O)N1CCN[C@@H]2CS(=O)(=O)C[C@@H]21. The van der Waals surface area contributed by atoms with Gasteiger partial charge in [-0.15, -0.1) is 0 Å². The second kappa shape index (κ2) is 4.49. The number of nitrogens with one attached hydrogen (secondary N) is 1. The fourth-order valence-corrected chi connectivity index (χ4v) is 6.36. The Kier molecular flexibility index (Phi) is 3.50. The van der Waals surface area contributed by atoms with Crippen LogP contribution >= 0.6 is 0 Å². The van der Waals surface area contributed by atoms with E-state index in [9.17, 15) is 16.8 Å². The molecule has 1 N–H and O–H groups in total. The van der Waals surface area contributed by atoms with Gasteiger partial charge >= 0.3 is 0 Å². The maximum Gasteiger partial charge on any atom is 0.214 e. The lowest BCUT2D eigenvalue weighted by molar-refractivity contribution is 0.247. The Labute approximate surface area is 102 Å². The van der Waals surface area contributed by atoms with Crippen molar-refractivity contribution < 1.29 is 16.8 Å². The number of piperazine rings is 1. The number of rotatable bonds is 3. The lowest BCUT2D eigenvalue weighted by Crippen LogP contribution is -2.59. The molecule has 8 heteroatoms. The Balaban J connectivity index is 2.25. The van der Waals surface area contributed by atoms with E-state index in [4.69, 9.17) is 0 Å². The minimum Gasteiger partial charge on any atom is -0.310 e. The summed E-state index contributed by atoms with van der Waals surface area (Å²) in [7, 11) is -6.41. The van der Waals surface area contributed by atoms with Gasteiger partial charge in [0.2, 0.25) is 10.0 Å². The van der Waals surface area contributed by atoms with Crippen molar-refractivity contribution in [2.75, 3.05) is 30.3 Å². The van der Waals surface area contributed by atoms with Gasteiger partial charge in [0.1, 0.15) is 0 Å². The molecular weight excluding hydrogens is 264 g/mol. The predicted molar refractivity (Wildman–Crippen MR) is 65.0 cm³/mol. The van der Waals surface area contributed by atoms with Gasteiger partial charge in [-0.25, -0.2) is 16.8 Å². The number of fused-ring (bicyclic) bond motifs is 1. The molecule has 2 saturated heterocycles. The van der Waals surface area contributed by atoms with Crippen molar-refractivity contribution in [3.63, 3.8) is 0 Å². The van der Waals surface area contributed by atoms with Gasteiger partial charge in [-0.2, -0.15) is 4.31 Å². The highest BCUT2D eigenvalue weighted by Crippen LogP contribution is 2.24. The summed E-state index contributed by atoms with van der Waals surface area (Å²) in [5.41, 5.74) is 0. The minimum absolute atomic E-state index is 0.0480. The van der Waals surface area contributed by atoms with Crippen molar-refractivity contribution >= 4 is 19.9 Å². The summed E-state index contributed by atoms with van der Waals surface area (Å²) in [5, 5.41) is 3.10. The summed E-state index contributed by atoms with van der Waals surface area (Å²) < 4.78 is 48.6. The van der Waals surface area contributed by atoms with Crippen LogP contribution in [0.25, 0.3) is 0 Å². The molecule has 2 rings (SSSR count). The zero-order valence-corrected chi connectivity index (χ0v) is 11.4. The molecule has 2 fully saturated rings. The van der Waals surface area contributed by atoms with Crippen molar-refractivity contribution in [3.8, 4) is 0 Å². The van der Waals surface area contributed by atoms with Crippen LogP contribution in [0.15, 0.2) is 0 Å². The number of nitrogens with zero attached hydrogens (tertiary/aromatic N) is 1. The molecule has 0 aromatic rings. The summed E-state index contributed by atoms with van der Waals surface area (Å²) in [6.07, 6.45) is 0.552. The van der Waals surface area contributed by atoms with Gasteiger partial charge in [-0.3, -0.25) is 0 Å². The van der Waals surface area contributed by atoms with Crippen LogP contribution in [0.1, 0.15) is 13.3 Å². The van der Waals surface area contributed by atoms with Gasteiger partial charge in [0.25, 0.3) is 0 Å². The first-order valence-electron chi connectivity index (χ1n) is 5.79. The highest BCUT2D eigenvalue weighted by molar-refractivity contribution is 7.92. The van der Waals surface area contributed by atoms with E-state index >= 15 is 0 Å². The van der Waals surface area contributed by atoms with Crippen LogP contribution in [0.2, 0.25) is 0 Å². The fourth-order valence-electron chi connectivity index (χ4n) is 2.55. The number of hydrogen-bond donors (Lipinski definition) is 1. The van der Waals surface area contributed by atoms with Crippen LogP contribution in [0.4, 0.5) is 0 Å². The third kappa shape index (κ3) is 2.64. The molecule has 0 spiro atoms. The van der Waals surface area contributed by atoms with Crippen molar-refractivity contribution in [1.82, 2.24) is 9.62 Å². The second-order valence-electron chi connectivity index (χ2n) is 4.63. The molecule has 2 heterocycles. The number of sulfone groups is 1. The molecule has 0 radical (unpaired) electrons. The molecular formula is C9H18N2O4S2. The average Bonchev–Trinajstić information content (AvgIpc) is 2.50. The zero-order chi connectivity index (χ0) is 12.7. The molecule has 2 aliphatic rings. The summed E-state index contributed by atoms with van der Waals surface area (Å²) in [4.78, 5) is 0. The molecule has 0 aromatic heterocycles. The lowest BCUT2D eigenvalue weighted by Gasteiger charge is -2.36. The van der Waals surface area contributed by atoms with E-state index in [0.717, 1.165) is 0 Å². The van der Waals surface area contributed by atoms with Gasteiger partial charge in [-0.1, -0.05) is 6.92 Å². The van der Waals surface area contributed by atoms with Crippen LogP contribution < -0.4 is 5.32 Å². The van der Waals surface area contributed by atoms with E-state index < -0.39 is 25.9 Å². The Hall–Kier alpha value is -0.180. The summed E-state index contributed by atoms with van der Waals surface area (Å²) in [6, 6.07) is -0.648. The van der Waals surface area contributed by atoms with E-state index in [2.05, 4.69) is 5.32 Å². The highest BCUT2D eigenvalue weighted by atomic mass is 32.2. The first-order valence-corrected chi connectivity index (χ1v) is 9.22. The van der Waals surface area contributed by atoms with Gasteiger partial charge in [0.15, 0.2) is 9.84 Å². The summed E-state index contributed by atoms with van der Waals surface area (Å²) in [5.74, 6) is 0.0969.